The Kier molecular flexibility index (Phi) is 5.29. The second-order valence-electron chi connectivity index (χ2n) is 5.43. The molecule has 2 N–H and O–H groups in total. The highest BCUT2D eigenvalue weighted by atomic mass is 16.2. The molecule has 0 heterocycles. The molecule has 0 spiro atoms. The molecule has 3 heteroatoms. The van der Waals surface area contributed by atoms with Crippen LogP contribution in [0.5, 0.6) is 0 Å². The van der Waals surface area contributed by atoms with Crippen LogP contribution in [0.4, 0.5) is 0 Å². The number of hydrogen-bond acceptors (Lipinski definition) is 2. The van der Waals surface area contributed by atoms with Gasteiger partial charge in [-0.25, -0.2) is 0 Å². The fourth-order valence-electron chi connectivity index (χ4n) is 1.42. The summed E-state index contributed by atoms with van der Waals surface area (Å²) in [6.07, 6.45) is 2.11. The average molecular weight is 214 g/mol. The van der Waals surface area contributed by atoms with Crippen molar-refractivity contribution in [2.24, 2.45) is 11.1 Å². The second-order valence-corrected chi connectivity index (χ2v) is 5.43. The van der Waals surface area contributed by atoms with Gasteiger partial charge in [0.05, 0.1) is 6.04 Å². The van der Waals surface area contributed by atoms with Gasteiger partial charge < -0.3 is 10.6 Å². The van der Waals surface area contributed by atoms with Crippen LogP contribution in [0.15, 0.2) is 0 Å². The SMILES string of the molecule is CCCC(C)N(C)C(=O)[C@H](N)C(C)(C)C. The molecular formula is C12H26N2O. The molecule has 0 bridgehead atoms. The van der Waals surface area contributed by atoms with E-state index in [2.05, 4.69) is 13.8 Å². The van der Waals surface area contributed by atoms with Crippen molar-refractivity contribution in [1.82, 2.24) is 4.90 Å². The largest absolute Gasteiger partial charge is 0.342 e. The highest BCUT2D eigenvalue weighted by Crippen LogP contribution is 2.19. The molecule has 0 aromatic carbocycles. The van der Waals surface area contributed by atoms with Gasteiger partial charge in [0.15, 0.2) is 0 Å². The average Bonchev–Trinajstić information content (AvgIpc) is 2.13. The maximum Gasteiger partial charge on any atom is 0.240 e. The molecule has 0 rings (SSSR count). The van der Waals surface area contributed by atoms with Crippen molar-refractivity contribution < 1.29 is 4.79 Å². The summed E-state index contributed by atoms with van der Waals surface area (Å²) in [7, 11) is 1.84. The van der Waals surface area contributed by atoms with Crippen molar-refractivity contribution in [1.29, 1.82) is 0 Å². The van der Waals surface area contributed by atoms with Crippen LogP contribution >= 0.6 is 0 Å². The van der Waals surface area contributed by atoms with Gasteiger partial charge in [0.25, 0.3) is 0 Å². The molecule has 0 saturated heterocycles. The highest BCUT2D eigenvalue weighted by molar-refractivity contribution is 5.82. The molecule has 0 radical (unpaired) electrons. The normalized spacial score (nSPS) is 15.9. The number of nitrogens with two attached hydrogens (primary N) is 1. The lowest BCUT2D eigenvalue weighted by atomic mass is 9.86. The molecule has 15 heavy (non-hydrogen) atoms. The molecule has 3 nitrogen and oxygen atoms in total. The van der Waals surface area contributed by atoms with Gasteiger partial charge in [0.2, 0.25) is 5.91 Å². The minimum atomic E-state index is -0.415. The van der Waals surface area contributed by atoms with Gasteiger partial charge in [0, 0.05) is 13.1 Å². The first-order valence-electron chi connectivity index (χ1n) is 5.74. The Morgan fingerprint density at radius 1 is 1.40 bits per heavy atom. The first kappa shape index (κ1) is 14.4. The summed E-state index contributed by atoms with van der Waals surface area (Å²) in [5.74, 6) is 0.0449. The zero-order chi connectivity index (χ0) is 12.2. The fourth-order valence-corrected chi connectivity index (χ4v) is 1.42. The summed E-state index contributed by atoms with van der Waals surface area (Å²) in [4.78, 5) is 13.8. The number of amides is 1. The Balaban J connectivity index is 4.44. The van der Waals surface area contributed by atoms with E-state index in [-0.39, 0.29) is 17.4 Å². The Hall–Kier alpha value is -0.570. The monoisotopic (exact) mass is 214 g/mol. The third kappa shape index (κ3) is 4.20. The second kappa shape index (κ2) is 5.50. The van der Waals surface area contributed by atoms with Crippen LogP contribution in [0.2, 0.25) is 0 Å². The zero-order valence-corrected chi connectivity index (χ0v) is 11.0. The van der Waals surface area contributed by atoms with E-state index in [0.717, 1.165) is 12.8 Å². The highest BCUT2D eigenvalue weighted by Gasteiger charge is 2.30. The van der Waals surface area contributed by atoms with Crippen molar-refractivity contribution >= 4 is 5.91 Å². The molecule has 0 aliphatic carbocycles. The minimum Gasteiger partial charge on any atom is -0.342 e. The van der Waals surface area contributed by atoms with Crippen molar-refractivity contribution in [2.45, 2.75) is 59.5 Å². The molecule has 0 aliphatic heterocycles. The van der Waals surface area contributed by atoms with Crippen molar-refractivity contribution in [3.8, 4) is 0 Å². The number of nitrogens with zero attached hydrogens (tertiary/aromatic N) is 1. The molecule has 0 aromatic rings. The number of carbonyl (C=O) groups excluding carboxylic acids is 1. The van der Waals surface area contributed by atoms with Crippen LogP contribution < -0.4 is 5.73 Å². The lowest BCUT2D eigenvalue weighted by Gasteiger charge is -2.33. The van der Waals surface area contributed by atoms with E-state index >= 15 is 0 Å². The molecule has 1 amide bonds. The molecule has 2 atom stereocenters. The molecule has 0 aromatic heterocycles. The molecular weight excluding hydrogens is 188 g/mol. The molecule has 0 saturated carbocycles. The van der Waals surface area contributed by atoms with Gasteiger partial charge >= 0.3 is 0 Å². The van der Waals surface area contributed by atoms with Gasteiger partial charge in [0.1, 0.15) is 0 Å². The molecule has 0 fully saturated rings. The molecule has 1 unspecified atom stereocenters. The van der Waals surface area contributed by atoms with Crippen LogP contribution in [0.3, 0.4) is 0 Å². The summed E-state index contributed by atoms with van der Waals surface area (Å²) < 4.78 is 0. The van der Waals surface area contributed by atoms with Crippen molar-refractivity contribution in [3.63, 3.8) is 0 Å². The van der Waals surface area contributed by atoms with Crippen LogP contribution in [0, 0.1) is 5.41 Å². The minimum absolute atomic E-state index is 0.0449. The van der Waals surface area contributed by atoms with Crippen molar-refractivity contribution in [3.05, 3.63) is 0 Å². The predicted molar refractivity (Wildman–Crippen MR) is 64.6 cm³/mol. The predicted octanol–water partition coefficient (Wildman–Crippen LogP) is 2.01. The maximum atomic E-state index is 12.0. The number of rotatable bonds is 4. The Morgan fingerprint density at radius 3 is 2.20 bits per heavy atom. The summed E-state index contributed by atoms with van der Waals surface area (Å²) in [6.45, 7) is 10.2. The molecule has 90 valence electrons. The van der Waals surface area contributed by atoms with E-state index in [1.165, 1.54) is 0 Å². The van der Waals surface area contributed by atoms with Gasteiger partial charge in [-0.3, -0.25) is 4.79 Å². The molecule has 0 aliphatic rings. The first-order valence-corrected chi connectivity index (χ1v) is 5.74. The number of likely N-dealkylation sites (N-methyl/N-ethyl adjacent to an activating group) is 1. The van der Waals surface area contributed by atoms with E-state index in [1.54, 1.807) is 4.90 Å². The summed E-state index contributed by atoms with van der Waals surface area (Å²) in [5.41, 5.74) is 5.77. The Bertz CT molecular complexity index is 208. The van der Waals surface area contributed by atoms with Crippen LogP contribution in [-0.2, 0) is 4.79 Å². The van der Waals surface area contributed by atoms with E-state index in [0.29, 0.717) is 0 Å². The maximum absolute atomic E-state index is 12.0. The van der Waals surface area contributed by atoms with Gasteiger partial charge in [-0.15, -0.1) is 0 Å². The zero-order valence-electron chi connectivity index (χ0n) is 11.0. The lowest BCUT2D eigenvalue weighted by molar-refractivity contribution is -0.135. The van der Waals surface area contributed by atoms with Gasteiger partial charge in [-0.05, 0) is 18.8 Å². The summed E-state index contributed by atoms with van der Waals surface area (Å²) in [5, 5.41) is 0. The Morgan fingerprint density at radius 2 is 1.87 bits per heavy atom. The van der Waals surface area contributed by atoms with Crippen LogP contribution in [0.25, 0.3) is 0 Å². The van der Waals surface area contributed by atoms with Gasteiger partial charge in [-0.2, -0.15) is 0 Å². The Labute approximate surface area is 94.0 Å². The number of hydrogen-bond donors (Lipinski definition) is 1. The van der Waals surface area contributed by atoms with Crippen LogP contribution in [0.1, 0.15) is 47.5 Å². The van der Waals surface area contributed by atoms with Crippen molar-refractivity contribution in [2.75, 3.05) is 7.05 Å². The standard InChI is InChI=1S/C12H26N2O/c1-7-8-9(2)14(6)11(15)10(13)12(3,4)5/h9-10H,7-8,13H2,1-6H3/t9?,10-/m0/s1. The van der Waals surface area contributed by atoms with E-state index in [9.17, 15) is 4.79 Å². The third-order valence-corrected chi connectivity index (χ3v) is 2.91. The van der Waals surface area contributed by atoms with E-state index < -0.39 is 6.04 Å². The van der Waals surface area contributed by atoms with Gasteiger partial charge in [-0.1, -0.05) is 34.1 Å². The van der Waals surface area contributed by atoms with E-state index in [4.69, 9.17) is 5.73 Å². The number of carbonyl (C=O) groups is 1. The first-order chi connectivity index (χ1) is 6.71. The van der Waals surface area contributed by atoms with E-state index in [1.807, 2.05) is 27.8 Å². The topological polar surface area (TPSA) is 46.3 Å². The summed E-state index contributed by atoms with van der Waals surface area (Å²) >= 11 is 0. The van der Waals surface area contributed by atoms with Crippen LogP contribution in [-0.4, -0.2) is 29.9 Å². The fraction of sp³-hybridized carbons (Fsp3) is 0.917. The quantitative estimate of drug-likeness (QED) is 0.778. The smallest absolute Gasteiger partial charge is 0.240 e. The lowest BCUT2D eigenvalue weighted by Crippen LogP contribution is -2.51. The third-order valence-electron chi connectivity index (χ3n) is 2.91. The summed E-state index contributed by atoms with van der Waals surface area (Å²) in [6, 6.07) is -0.141.